The molecule has 2 nitrogen and oxygen atoms in total. The molecule has 12 heavy (non-hydrogen) atoms. The van der Waals surface area contributed by atoms with Gasteiger partial charge in [0.2, 0.25) is 0 Å². The van der Waals surface area contributed by atoms with Crippen LogP contribution in [0.5, 0.6) is 0 Å². The Morgan fingerprint density at radius 1 is 1.17 bits per heavy atom. The van der Waals surface area contributed by atoms with Crippen LogP contribution in [0.1, 0.15) is 34.1 Å². The standard InChI is InChI=1S/C8H16BClO2/c1-7(2)5-8(3,4)12-9(6-10)11-7/h5-6H2,1-4H3. The molecule has 0 aromatic carbocycles. The minimum Gasteiger partial charge on any atom is -0.405 e. The first-order valence-corrected chi connectivity index (χ1v) is 4.80. The Morgan fingerprint density at radius 3 is 1.92 bits per heavy atom. The average molecular weight is 190 g/mol. The first-order chi connectivity index (χ1) is 5.35. The van der Waals surface area contributed by atoms with Gasteiger partial charge in [-0.1, -0.05) is 0 Å². The summed E-state index contributed by atoms with van der Waals surface area (Å²) in [7, 11) is -0.259. The van der Waals surface area contributed by atoms with Crippen LogP contribution < -0.4 is 0 Å². The van der Waals surface area contributed by atoms with Crippen molar-refractivity contribution < 1.29 is 9.31 Å². The second-order valence-electron chi connectivity index (χ2n) is 4.52. The Balaban J connectivity index is 2.66. The van der Waals surface area contributed by atoms with Gasteiger partial charge in [0.15, 0.2) is 0 Å². The van der Waals surface area contributed by atoms with E-state index in [9.17, 15) is 0 Å². The fourth-order valence-corrected chi connectivity index (χ4v) is 2.03. The summed E-state index contributed by atoms with van der Waals surface area (Å²) in [6, 6.07) is 0. The zero-order valence-corrected chi connectivity index (χ0v) is 8.94. The summed E-state index contributed by atoms with van der Waals surface area (Å²) in [6.07, 6.45) is 0.896. The zero-order valence-electron chi connectivity index (χ0n) is 8.19. The smallest absolute Gasteiger partial charge is 0.405 e. The molecule has 0 radical (unpaired) electrons. The van der Waals surface area contributed by atoms with Crippen LogP contribution in [0.2, 0.25) is 0 Å². The third-order valence-corrected chi connectivity index (χ3v) is 2.13. The molecule has 0 bridgehead atoms. The Bertz CT molecular complexity index is 154. The predicted molar refractivity (Wildman–Crippen MR) is 51.4 cm³/mol. The van der Waals surface area contributed by atoms with Crippen molar-refractivity contribution in [2.24, 2.45) is 0 Å². The van der Waals surface area contributed by atoms with Crippen LogP contribution in [0.4, 0.5) is 0 Å². The van der Waals surface area contributed by atoms with Crippen molar-refractivity contribution in [2.45, 2.75) is 45.3 Å². The molecular weight excluding hydrogens is 174 g/mol. The second kappa shape index (κ2) is 3.20. The summed E-state index contributed by atoms with van der Waals surface area (Å²) in [5, 5.41) is 0. The van der Waals surface area contributed by atoms with Crippen LogP contribution in [0.3, 0.4) is 0 Å². The van der Waals surface area contributed by atoms with Gasteiger partial charge < -0.3 is 9.31 Å². The number of hydrogen-bond donors (Lipinski definition) is 0. The predicted octanol–water partition coefficient (Wildman–Crippen LogP) is 2.25. The zero-order chi connectivity index (χ0) is 9.41. The van der Waals surface area contributed by atoms with E-state index >= 15 is 0 Å². The van der Waals surface area contributed by atoms with Gasteiger partial charge in [-0.05, 0) is 27.7 Å². The molecule has 70 valence electrons. The lowest BCUT2D eigenvalue weighted by molar-refractivity contribution is -0.0749. The number of hydrogen-bond acceptors (Lipinski definition) is 2. The molecule has 0 aliphatic carbocycles. The van der Waals surface area contributed by atoms with Gasteiger partial charge in [0.05, 0.1) is 17.0 Å². The minimum absolute atomic E-state index is 0.124. The third kappa shape index (κ3) is 2.65. The molecule has 1 heterocycles. The van der Waals surface area contributed by atoms with Gasteiger partial charge in [-0.3, -0.25) is 0 Å². The lowest BCUT2D eigenvalue weighted by atomic mass is 9.81. The molecule has 1 fully saturated rings. The van der Waals surface area contributed by atoms with E-state index in [0.717, 1.165) is 6.42 Å². The highest BCUT2D eigenvalue weighted by molar-refractivity contribution is 6.56. The van der Waals surface area contributed by atoms with E-state index < -0.39 is 0 Å². The number of alkyl halides is 1. The molecule has 0 N–H and O–H groups in total. The molecule has 0 amide bonds. The molecule has 0 aromatic rings. The maximum Gasteiger partial charge on any atom is 0.473 e. The topological polar surface area (TPSA) is 18.5 Å². The van der Waals surface area contributed by atoms with Gasteiger partial charge in [-0.25, -0.2) is 0 Å². The molecule has 0 spiro atoms. The summed E-state index contributed by atoms with van der Waals surface area (Å²) in [5.41, 5.74) is -0.247. The molecule has 0 atom stereocenters. The second-order valence-corrected chi connectivity index (χ2v) is 4.82. The highest BCUT2D eigenvalue weighted by Crippen LogP contribution is 2.32. The largest absolute Gasteiger partial charge is 0.473 e. The van der Waals surface area contributed by atoms with Gasteiger partial charge in [-0.15, -0.1) is 11.6 Å². The molecule has 0 aromatic heterocycles. The van der Waals surface area contributed by atoms with Gasteiger partial charge >= 0.3 is 7.12 Å². The summed E-state index contributed by atoms with van der Waals surface area (Å²) < 4.78 is 11.2. The Morgan fingerprint density at radius 2 is 1.58 bits per heavy atom. The van der Waals surface area contributed by atoms with Gasteiger partial charge in [0.1, 0.15) is 0 Å². The molecule has 1 aliphatic heterocycles. The van der Waals surface area contributed by atoms with Gasteiger partial charge in [0.25, 0.3) is 0 Å². The highest BCUT2D eigenvalue weighted by atomic mass is 35.5. The van der Waals surface area contributed by atoms with Crippen molar-refractivity contribution in [3.05, 3.63) is 0 Å². The quantitative estimate of drug-likeness (QED) is 0.466. The summed E-state index contributed by atoms with van der Waals surface area (Å²) in [5.74, 6) is 0.396. The van der Waals surface area contributed by atoms with E-state index in [1.807, 2.05) is 0 Å². The van der Waals surface area contributed by atoms with Crippen LogP contribution in [0.15, 0.2) is 0 Å². The Hall–Kier alpha value is 0.275. The lowest BCUT2D eigenvalue weighted by Gasteiger charge is -2.43. The fraction of sp³-hybridized carbons (Fsp3) is 1.00. The van der Waals surface area contributed by atoms with Gasteiger partial charge in [-0.2, -0.15) is 0 Å². The summed E-state index contributed by atoms with van der Waals surface area (Å²) >= 11 is 5.68. The van der Waals surface area contributed by atoms with E-state index in [1.54, 1.807) is 0 Å². The Labute approximate surface area is 79.7 Å². The van der Waals surface area contributed by atoms with Crippen LogP contribution in [0, 0.1) is 0 Å². The molecule has 1 saturated heterocycles. The third-order valence-electron chi connectivity index (χ3n) is 1.88. The van der Waals surface area contributed by atoms with Crippen LogP contribution in [-0.4, -0.2) is 24.1 Å². The van der Waals surface area contributed by atoms with Crippen LogP contribution in [-0.2, 0) is 9.31 Å². The molecule has 4 heteroatoms. The molecule has 0 saturated carbocycles. The number of rotatable bonds is 1. The molecular formula is C8H16BClO2. The van der Waals surface area contributed by atoms with Crippen molar-refractivity contribution in [2.75, 3.05) is 5.78 Å². The van der Waals surface area contributed by atoms with Crippen molar-refractivity contribution in [3.8, 4) is 0 Å². The van der Waals surface area contributed by atoms with Crippen molar-refractivity contribution >= 4 is 18.7 Å². The highest BCUT2D eigenvalue weighted by Gasteiger charge is 2.42. The first kappa shape index (κ1) is 10.4. The van der Waals surface area contributed by atoms with Crippen molar-refractivity contribution in [1.29, 1.82) is 0 Å². The van der Waals surface area contributed by atoms with E-state index in [0.29, 0.717) is 5.78 Å². The van der Waals surface area contributed by atoms with E-state index in [-0.39, 0.29) is 18.3 Å². The van der Waals surface area contributed by atoms with Gasteiger partial charge in [0, 0.05) is 6.42 Å². The average Bonchev–Trinajstić information content (AvgIpc) is 1.80. The van der Waals surface area contributed by atoms with E-state index in [4.69, 9.17) is 20.9 Å². The molecule has 1 aliphatic rings. The Kier molecular flexibility index (Phi) is 2.77. The minimum atomic E-state index is -0.259. The number of halogens is 1. The normalized spacial score (nSPS) is 27.2. The first-order valence-electron chi connectivity index (χ1n) is 4.26. The summed E-state index contributed by atoms with van der Waals surface area (Å²) in [6.45, 7) is 8.27. The maximum atomic E-state index is 5.68. The van der Waals surface area contributed by atoms with Crippen molar-refractivity contribution in [3.63, 3.8) is 0 Å². The SMILES string of the molecule is CC1(C)CC(C)(C)OB(CCl)O1. The lowest BCUT2D eigenvalue weighted by Crippen LogP contribution is -2.52. The van der Waals surface area contributed by atoms with Crippen molar-refractivity contribution in [1.82, 2.24) is 0 Å². The van der Waals surface area contributed by atoms with E-state index in [2.05, 4.69) is 27.7 Å². The molecule has 1 rings (SSSR count). The summed E-state index contributed by atoms with van der Waals surface area (Å²) in [4.78, 5) is 0. The van der Waals surface area contributed by atoms with E-state index in [1.165, 1.54) is 0 Å². The molecule has 0 unspecified atom stereocenters. The maximum absolute atomic E-state index is 5.68. The van der Waals surface area contributed by atoms with Crippen LogP contribution >= 0.6 is 11.6 Å². The van der Waals surface area contributed by atoms with Crippen LogP contribution in [0.25, 0.3) is 0 Å². The monoisotopic (exact) mass is 190 g/mol. The fourth-order valence-electron chi connectivity index (χ4n) is 1.91.